The van der Waals surface area contributed by atoms with Crippen LogP contribution in [0.3, 0.4) is 0 Å². The summed E-state index contributed by atoms with van der Waals surface area (Å²) in [5.74, 6) is -0.520. The van der Waals surface area contributed by atoms with Crippen LogP contribution in [0.2, 0.25) is 0 Å². The van der Waals surface area contributed by atoms with Crippen LogP contribution in [-0.4, -0.2) is 43.5 Å². The lowest BCUT2D eigenvalue weighted by atomic mass is 10.1. The maximum Gasteiger partial charge on any atom is 0.408 e. The zero-order valence-electron chi connectivity index (χ0n) is 13.1. The molecule has 0 heterocycles. The Bertz CT molecular complexity index is 541. The molecule has 0 fully saturated rings. The minimum Gasteiger partial charge on any atom is -0.445 e. The van der Waals surface area contributed by atoms with Crippen molar-refractivity contribution in [2.24, 2.45) is 0 Å². The van der Waals surface area contributed by atoms with Gasteiger partial charge < -0.3 is 14.8 Å². The molecule has 0 bridgehead atoms. The summed E-state index contributed by atoms with van der Waals surface area (Å²) >= 11 is 0. The number of benzene rings is 1. The average molecular weight is 319 g/mol. The van der Waals surface area contributed by atoms with Crippen LogP contribution in [0.25, 0.3) is 0 Å². The molecular formula is C17H21NO5. The van der Waals surface area contributed by atoms with Crippen LogP contribution in [0.15, 0.2) is 43.0 Å². The lowest BCUT2D eigenvalue weighted by molar-refractivity contribution is -0.125. The van der Waals surface area contributed by atoms with Crippen molar-refractivity contribution in [1.82, 2.24) is 5.32 Å². The van der Waals surface area contributed by atoms with Crippen LogP contribution in [0.5, 0.6) is 0 Å². The number of alkyl carbamates (subject to hydrolysis) is 1. The van der Waals surface area contributed by atoms with Crippen molar-refractivity contribution in [3.8, 4) is 0 Å². The highest BCUT2D eigenvalue weighted by atomic mass is 16.5. The Morgan fingerprint density at radius 2 is 1.91 bits per heavy atom. The van der Waals surface area contributed by atoms with E-state index in [1.165, 1.54) is 6.08 Å². The lowest BCUT2D eigenvalue weighted by Gasteiger charge is -2.15. The van der Waals surface area contributed by atoms with Gasteiger partial charge in [0.15, 0.2) is 11.6 Å². The molecule has 0 saturated heterocycles. The van der Waals surface area contributed by atoms with Crippen LogP contribution in [0.1, 0.15) is 23.7 Å². The SMILES string of the molecule is C=CCOC(=O)NC(CC)C(=O)COCC(=O)c1ccccc1. The summed E-state index contributed by atoms with van der Waals surface area (Å²) in [5.41, 5.74) is 0.526. The van der Waals surface area contributed by atoms with Gasteiger partial charge in [0.25, 0.3) is 0 Å². The Labute approximate surface area is 135 Å². The van der Waals surface area contributed by atoms with Gasteiger partial charge in [0.1, 0.15) is 19.8 Å². The molecule has 0 aliphatic heterocycles. The van der Waals surface area contributed by atoms with Gasteiger partial charge in [0.05, 0.1) is 6.04 Å². The summed E-state index contributed by atoms with van der Waals surface area (Å²) < 4.78 is 9.91. The Kier molecular flexibility index (Phi) is 8.31. The fourth-order valence-electron chi connectivity index (χ4n) is 1.78. The van der Waals surface area contributed by atoms with Crippen LogP contribution in [-0.2, 0) is 14.3 Å². The molecule has 0 aliphatic carbocycles. The third-order valence-corrected chi connectivity index (χ3v) is 2.99. The van der Waals surface area contributed by atoms with Gasteiger partial charge >= 0.3 is 6.09 Å². The van der Waals surface area contributed by atoms with E-state index >= 15 is 0 Å². The number of amides is 1. The van der Waals surface area contributed by atoms with Gasteiger partial charge in [0, 0.05) is 5.56 Å². The van der Waals surface area contributed by atoms with E-state index in [0.717, 1.165) is 0 Å². The second-order valence-electron chi connectivity index (χ2n) is 4.74. The quantitative estimate of drug-likeness (QED) is 0.528. The fourth-order valence-corrected chi connectivity index (χ4v) is 1.78. The number of carbonyl (C=O) groups is 3. The molecule has 1 aromatic carbocycles. The maximum absolute atomic E-state index is 12.0. The van der Waals surface area contributed by atoms with Gasteiger partial charge in [-0.2, -0.15) is 0 Å². The van der Waals surface area contributed by atoms with Crippen LogP contribution in [0.4, 0.5) is 4.79 Å². The first-order valence-corrected chi connectivity index (χ1v) is 7.31. The number of ketones is 2. The average Bonchev–Trinajstić information content (AvgIpc) is 2.58. The van der Waals surface area contributed by atoms with E-state index in [4.69, 9.17) is 9.47 Å². The van der Waals surface area contributed by atoms with E-state index in [2.05, 4.69) is 11.9 Å². The summed E-state index contributed by atoms with van der Waals surface area (Å²) in [7, 11) is 0. The number of hydrogen-bond acceptors (Lipinski definition) is 5. The molecule has 1 N–H and O–H groups in total. The molecule has 1 rings (SSSR count). The van der Waals surface area contributed by atoms with Crippen molar-refractivity contribution in [3.05, 3.63) is 48.6 Å². The summed E-state index contributed by atoms with van der Waals surface area (Å²) in [6.07, 6.45) is 1.14. The summed E-state index contributed by atoms with van der Waals surface area (Å²) in [6.45, 7) is 4.81. The molecule has 6 nitrogen and oxygen atoms in total. The molecule has 1 unspecified atom stereocenters. The first-order valence-electron chi connectivity index (χ1n) is 7.31. The van der Waals surface area contributed by atoms with E-state index < -0.39 is 12.1 Å². The highest BCUT2D eigenvalue weighted by Crippen LogP contribution is 2.01. The number of carbonyl (C=O) groups excluding carboxylic acids is 3. The molecule has 1 aromatic rings. The van der Waals surface area contributed by atoms with Crippen LogP contribution < -0.4 is 5.32 Å². The molecular weight excluding hydrogens is 298 g/mol. The van der Waals surface area contributed by atoms with Gasteiger partial charge in [-0.3, -0.25) is 9.59 Å². The molecule has 1 atom stereocenters. The van der Waals surface area contributed by atoms with E-state index in [-0.39, 0.29) is 31.4 Å². The molecule has 0 radical (unpaired) electrons. The minimum atomic E-state index is -0.709. The number of hydrogen-bond donors (Lipinski definition) is 1. The number of Topliss-reactive ketones (excluding diaryl/α,β-unsaturated/α-hetero) is 2. The standard InChI is InChI=1S/C17H21NO5/c1-3-10-23-17(21)18-14(4-2)16(20)12-22-11-15(19)13-8-6-5-7-9-13/h3,5-9,14H,1,4,10-12H2,2H3,(H,18,21). The Hall–Kier alpha value is -2.47. The van der Waals surface area contributed by atoms with Gasteiger partial charge in [0.2, 0.25) is 0 Å². The topological polar surface area (TPSA) is 81.7 Å². The maximum atomic E-state index is 12.0. The fraction of sp³-hybridized carbons (Fsp3) is 0.353. The summed E-state index contributed by atoms with van der Waals surface area (Å²) in [6, 6.07) is 7.97. The van der Waals surface area contributed by atoms with Crippen LogP contribution >= 0.6 is 0 Å². The largest absolute Gasteiger partial charge is 0.445 e. The second-order valence-corrected chi connectivity index (χ2v) is 4.74. The normalized spacial score (nSPS) is 11.3. The lowest BCUT2D eigenvalue weighted by Crippen LogP contribution is -2.42. The van der Waals surface area contributed by atoms with E-state index in [1.54, 1.807) is 31.2 Å². The zero-order valence-corrected chi connectivity index (χ0v) is 13.1. The minimum absolute atomic E-state index is 0.0680. The number of nitrogens with one attached hydrogen (secondary N) is 1. The predicted molar refractivity (Wildman–Crippen MR) is 85.4 cm³/mol. The third-order valence-electron chi connectivity index (χ3n) is 2.99. The van der Waals surface area contributed by atoms with Crippen molar-refractivity contribution in [3.63, 3.8) is 0 Å². The molecule has 1 amide bonds. The molecule has 0 aromatic heterocycles. The highest BCUT2D eigenvalue weighted by Gasteiger charge is 2.19. The zero-order chi connectivity index (χ0) is 17.1. The molecule has 6 heteroatoms. The Balaban J connectivity index is 2.37. The van der Waals surface area contributed by atoms with Crippen LogP contribution in [0, 0.1) is 0 Å². The van der Waals surface area contributed by atoms with Crippen molar-refractivity contribution in [2.45, 2.75) is 19.4 Å². The van der Waals surface area contributed by atoms with Crippen molar-refractivity contribution in [2.75, 3.05) is 19.8 Å². The number of rotatable bonds is 10. The van der Waals surface area contributed by atoms with Gasteiger partial charge in [-0.15, -0.1) is 0 Å². The second kappa shape index (κ2) is 10.3. The summed E-state index contributed by atoms with van der Waals surface area (Å²) in [5, 5.41) is 2.45. The molecule has 0 saturated carbocycles. The van der Waals surface area contributed by atoms with E-state index in [0.29, 0.717) is 12.0 Å². The Morgan fingerprint density at radius 1 is 1.22 bits per heavy atom. The monoisotopic (exact) mass is 319 g/mol. The molecule has 23 heavy (non-hydrogen) atoms. The van der Waals surface area contributed by atoms with Gasteiger partial charge in [-0.05, 0) is 6.42 Å². The summed E-state index contributed by atoms with van der Waals surface area (Å²) in [4.78, 5) is 35.2. The van der Waals surface area contributed by atoms with Crippen molar-refractivity contribution in [1.29, 1.82) is 0 Å². The molecule has 0 spiro atoms. The van der Waals surface area contributed by atoms with Gasteiger partial charge in [-0.1, -0.05) is 49.9 Å². The predicted octanol–water partition coefficient (Wildman–Crippen LogP) is 2.15. The van der Waals surface area contributed by atoms with Crippen molar-refractivity contribution < 1.29 is 23.9 Å². The van der Waals surface area contributed by atoms with E-state index in [1.807, 2.05) is 6.07 Å². The Morgan fingerprint density at radius 3 is 2.52 bits per heavy atom. The number of ether oxygens (including phenoxy) is 2. The third kappa shape index (κ3) is 6.88. The highest BCUT2D eigenvalue weighted by molar-refractivity contribution is 5.97. The first-order chi connectivity index (χ1) is 11.1. The van der Waals surface area contributed by atoms with E-state index in [9.17, 15) is 14.4 Å². The van der Waals surface area contributed by atoms with Gasteiger partial charge in [-0.25, -0.2) is 4.79 Å². The van der Waals surface area contributed by atoms with Crippen molar-refractivity contribution >= 4 is 17.7 Å². The molecule has 124 valence electrons. The molecule has 0 aliphatic rings. The first kappa shape index (κ1) is 18.6. The smallest absolute Gasteiger partial charge is 0.408 e.